The Morgan fingerprint density at radius 1 is 1.24 bits per heavy atom. The van der Waals surface area contributed by atoms with Gasteiger partial charge in [0.25, 0.3) is 0 Å². The number of anilines is 1. The predicted molar refractivity (Wildman–Crippen MR) is 113 cm³/mol. The smallest absolute Gasteiger partial charge is 0.414 e. The molecule has 2 bridgehead atoms. The molecule has 29 heavy (non-hydrogen) atoms. The molecule has 8 heteroatoms. The van der Waals surface area contributed by atoms with Crippen molar-refractivity contribution in [3.63, 3.8) is 0 Å². The first kappa shape index (κ1) is 21.7. The number of ether oxygens (including phenoxy) is 3. The minimum Gasteiger partial charge on any atom is -0.497 e. The molecular formula is C21H29BrN2O5. The second-order valence-corrected chi connectivity index (χ2v) is 9.52. The fraction of sp³-hybridized carbons (Fsp3) is 0.619. The molecular weight excluding hydrogens is 440 g/mol. The van der Waals surface area contributed by atoms with E-state index in [2.05, 4.69) is 42.0 Å². The Labute approximate surface area is 180 Å². The number of hydrogen-bond donors (Lipinski definition) is 1. The Hall–Kier alpha value is -1.96. The molecule has 3 rings (SSSR count). The van der Waals surface area contributed by atoms with Gasteiger partial charge in [0.15, 0.2) is 0 Å². The summed E-state index contributed by atoms with van der Waals surface area (Å²) in [5.41, 5.74) is 0.264. The van der Waals surface area contributed by atoms with Crippen molar-refractivity contribution < 1.29 is 23.8 Å². The van der Waals surface area contributed by atoms with Gasteiger partial charge in [-0.3, -0.25) is 10.2 Å². The lowest BCUT2D eigenvalue weighted by atomic mass is 9.68. The van der Waals surface area contributed by atoms with E-state index in [0.29, 0.717) is 15.9 Å². The topological polar surface area (TPSA) is 77.1 Å². The molecule has 0 aliphatic carbocycles. The number of amides is 2. The third-order valence-corrected chi connectivity index (χ3v) is 6.91. The van der Waals surface area contributed by atoms with Gasteiger partial charge in [0.2, 0.25) is 6.79 Å². The number of rotatable bonds is 4. The largest absolute Gasteiger partial charge is 0.497 e. The van der Waals surface area contributed by atoms with E-state index in [9.17, 15) is 9.59 Å². The van der Waals surface area contributed by atoms with Gasteiger partial charge in [-0.15, -0.1) is 0 Å². The second-order valence-electron chi connectivity index (χ2n) is 8.67. The van der Waals surface area contributed by atoms with Crippen LogP contribution >= 0.6 is 15.9 Å². The van der Waals surface area contributed by atoms with Gasteiger partial charge in [0, 0.05) is 16.6 Å². The van der Waals surface area contributed by atoms with Crippen LogP contribution in [0.5, 0.6) is 5.75 Å². The quantitative estimate of drug-likeness (QED) is 0.587. The maximum absolute atomic E-state index is 12.9. The summed E-state index contributed by atoms with van der Waals surface area (Å²) in [6.07, 6.45) is 3.97. The molecule has 1 aromatic rings. The zero-order chi connectivity index (χ0) is 21.2. The first-order valence-electron chi connectivity index (χ1n) is 9.91. The second kappa shape index (κ2) is 8.42. The van der Waals surface area contributed by atoms with Crippen molar-refractivity contribution in [2.24, 2.45) is 5.41 Å². The van der Waals surface area contributed by atoms with Crippen molar-refractivity contribution >= 4 is 33.8 Å². The van der Waals surface area contributed by atoms with Crippen molar-refractivity contribution in [3.05, 3.63) is 22.7 Å². The number of methoxy groups -OCH3 is 1. The molecule has 0 radical (unpaired) electrons. The van der Waals surface area contributed by atoms with Crippen LogP contribution in [0.3, 0.4) is 0 Å². The Bertz CT molecular complexity index is 775. The molecule has 1 aromatic carbocycles. The Morgan fingerprint density at radius 2 is 2.00 bits per heavy atom. The lowest BCUT2D eigenvalue weighted by Gasteiger charge is -2.51. The van der Waals surface area contributed by atoms with Crippen molar-refractivity contribution in [1.82, 2.24) is 4.90 Å². The van der Waals surface area contributed by atoms with E-state index < -0.39 is 19.0 Å². The summed E-state index contributed by atoms with van der Waals surface area (Å²) in [6.45, 7) is 6.10. The Morgan fingerprint density at radius 3 is 2.69 bits per heavy atom. The minimum atomic E-state index is -0.709. The molecule has 2 fully saturated rings. The molecule has 2 amide bonds. The highest BCUT2D eigenvalue weighted by Crippen LogP contribution is 2.53. The monoisotopic (exact) mass is 468 g/mol. The lowest BCUT2D eigenvalue weighted by molar-refractivity contribution is -0.0474. The van der Waals surface area contributed by atoms with Crippen LogP contribution in [0.25, 0.3) is 0 Å². The van der Waals surface area contributed by atoms with E-state index in [1.54, 1.807) is 25.3 Å². The lowest BCUT2D eigenvalue weighted by Crippen LogP contribution is -2.60. The van der Waals surface area contributed by atoms with Crippen LogP contribution in [-0.2, 0) is 9.47 Å². The first-order valence-corrected chi connectivity index (χ1v) is 10.7. The number of carbonyl (C=O) groups excluding carboxylic acids is 2. The Kier molecular flexibility index (Phi) is 6.31. The van der Waals surface area contributed by atoms with Crippen molar-refractivity contribution in [2.45, 2.75) is 64.5 Å². The molecule has 2 aliphatic heterocycles. The highest BCUT2D eigenvalue weighted by atomic mass is 79.9. The summed E-state index contributed by atoms with van der Waals surface area (Å²) < 4.78 is 16.2. The van der Waals surface area contributed by atoms with Crippen LogP contribution < -0.4 is 10.1 Å². The van der Waals surface area contributed by atoms with Crippen LogP contribution in [0.4, 0.5) is 15.3 Å². The van der Waals surface area contributed by atoms with Gasteiger partial charge in [-0.1, -0.05) is 20.8 Å². The van der Waals surface area contributed by atoms with Gasteiger partial charge >= 0.3 is 12.2 Å². The summed E-state index contributed by atoms with van der Waals surface area (Å²) in [5, 5.41) is 2.61. The van der Waals surface area contributed by atoms with Gasteiger partial charge < -0.3 is 14.2 Å². The molecule has 160 valence electrons. The SMILES string of the molecule is COc1ccc(Br)c(NC(=O)OCOC(=O)N2C3CCCC2(C(C)(C)C)CC3)c1. The van der Waals surface area contributed by atoms with Crippen LogP contribution in [0.2, 0.25) is 0 Å². The number of hydrogen-bond acceptors (Lipinski definition) is 5. The van der Waals surface area contributed by atoms with Gasteiger partial charge in [0.1, 0.15) is 5.75 Å². The number of halogens is 1. The average Bonchev–Trinajstić information content (AvgIpc) is 2.90. The van der Waals surface area contributed by atoms with E-state index in [1.165, 1.54) is 0 Å². The maximum Gasteiger partial charge on any atom is 0.414 e. The zero-order valence-corrected chi connectivity index (χ0v) is 19.0. The fourth-order valence-corrected chi connectivity index (χ4v) is 5.01. The molecule has 2 atom stereocenters. The average molecular weight is 469 g/mol. The van der Waals surface area contributed by atoms with Crippen LogP contribution in [0, 0.1) is 5.41 Å². The molecule has 0 spiro atoms. The number of piperidine rings is 1. The van der Waals surface area contributed by atoms with Gasteiger partial charge in [0.05, 0.1) is 18.3 Å². The fourth-order valence-electron chi connectivity index (χ4n) is 4.66. The minimum absolute atomic E-state index is 0.0436. The summed E-state index contributed by atoms with van der Waals surface area (Å²) in [5.74, 6) is 0.600. The van der Waals surface area contributed by atoms with Crippen LogP contribution in [0.15, 0.2) is 22.7 Å². The Balaban J connectivity index is 1.56. The normalized spacial score (nSPS) is 23.5. The number of nitrogens with one attached hydrogen (secondary N) is 1. The van der Waals surface area contributed by atoms with Crippen molar-refractivity contribution in [3.8, 4) is 5.75 Å². The molecule has 2 saturated heterocycles. The highest BCUT2D eigenvalue weighted by molar-refractivity contribution is 9.10. The summed E-state index contributed by atoms with van der Waals surface area (Å²) >= 11 is 3.36. The first-order chi connectivity index (χ1) is 13.7. The van der Waals surface area contributed by atoms with Gasteiger partial charge in [-0.2, -0.15) is 0 Å². The molecule has 7 nitrogen and oxygen atoms in total. The molecule has 2 aliphatic rings. The standard InChI is InChI=1S/C21H29BrN2O5/c1-20(2,3)21-10-5-6-14(9-11-21)24(21)19(26)29-13-28-18(25)23-17-12-15(27-4)7-8-16(17)22/h7-8,12,14H,5-6,9-11,13H2,1-4H3,(H,23,25). The number of fused-ring (bicyclic) bond motifs is 2. The molecule has 0 saturated carbocycles. The van der Waals surface area contributed by atoms with E-state index in [4.69, 9.17) is 14.2 Å². The number of carbonyl (C=O) groups is 2. The van der Waals surface area contributed by atoms with Crippen molar-refractivity contribution in [2.75, 3.05) is 19.2 Å². The summed E-state index contributed by atoms with van der Waals surface area (Å²) in [4.78, 5) is 26.9. The molecule has 0 aromatic heterocycles. The van der Waals surface area contributed by atoms with Crippen LogP contribution in [-0.4, -0.2) is 42.6 Å². The van der Waals surface area contributed by atoms with E-state index in [1.807, 2.05) is 4.90 Å². The van der Waals surface area contributed by atoms with Gasteiger partial charge in [-0.05, 0) is 65.6 Å². The van der Waals surface area contributed by atoms with Crippen LogP contribution in [0.1, 0.15) is 52.9 Å². The van der Waals surface area contributed by atoms with Crippen molar-refractivity contribution in [1.29, 1.82) is 0 Å². The third-order valence-electron chi connectivity index (χ3n) is 6.22. The summed E-state index contributed by atoms with van der Waals surface area (Å²) in [7, 11) is 1.54. The van der Waals surface area contributed by atoms with Gasteiger partial charge in [-0.25, -0.2) is 9.59 Å². The predicted octanol–water partition coefficient (Wildman–Crippen LogP) is 5.53. The number of nitrogens with zero attached hydrogens (tertiary/aromatic N) is 1. The summed E-state index contributed by atoms with van der Waals surface area (Å²) in [6, 6.07) is 5.39. The van der Waals surface area contributed by atoms with E-state index in [-0.39, 0.29) is 17.0 Å². The highest BCUT2D eigenvalue weighted by Gasteiger charge is 2.57. The van der Waals surface area contributed by atoms with E-state index in [0.717, 1.165) is 32.1 Å². The molecule has 2 heterocycles. The third kappa shape index (κ3) is 4.32. The zero-order valence-electron chi connectivity index (χ0n) is 17.4. The number of benzene rings is 1. The molecule has 2 unspecified atom stereocenters. The maximum atomic E-state index is 12.9. The molecule has 1 N–H and O–H groups in total. The van der Waals surface area contributed by atoms with E-state index >= 15 is 0 Å².